The largest absolute Gasteiger partial charge is 0.494 e. The van der Waals surface area contributed by atoms with Crippen molar-refractivity contribution in [3.8, 4) is 11.5 Å². The second kappa shape index (κ2) is 9.51. The van der Waals surface area contributed by atoms with Crippen molar-refractivity contribution in [3.05, 3.63) is 60.2 Å². The van der Waals surface area contributed by atoms with Gasteiger partial charge >= 0.3 is 0 Å². The van der Waals surface area contributed by atoms with Crippen LogP contribution < -0.4 is 14.8 Å². The van der Waals surface area contributed by atoms with E-state index in [-0.39, 0.29) is 12.5 Å². The molecule has 0 unspecified atom stereocenters. The number of unbranched alkanes of at least 4 members (excludes halogenated alkanes) is 1. The maximum Gasteiger partial charge on any atom is 0.258 e. The molecule has 0 heterocycles. The molecule has 2 aromatic rings. The lowest BCUT2D eigenvalue weighted by molar-refractivity contribution is -0.123. The molecule has 0 aliphatic rings. The smallest absolute Gasteiger partial charge is 0.258 e. The van der Waals surface area contributed by atoms with Crippen molar-refractivity contribution in [1.29, 1.82) is 0 Å². The summed E-state index contributed by atoms with van der Waals surface area (Å²) in [6.07, 6.45) is 2.15. The van der Waals surface area contributed by atoms with Gasteiger partial charge < -0.3 is 14.8 Å². The van der Waals surface area contributed by atoms with Gasteiger partial charge in [0.15, 0.2) is 6.61 Å². The molecular formula is C19H23NO3. The van der Waals surface area contributed by atoms with Crippen molar-refractivity contribution in [2.24, 2.45) is 0 Å². The molecule has 0 radical (unpaired) electrons. The lowest BCUT2D eigenvalue weighted by Gasteiger charge is -2.09. The molecule has 4 nitrogen and oxygen atoms in total. The summed E-state index contributed by atoms with van der Waals surface area (Å²) in [5.74, 6) is 1.38. The molecule has 0 aromatic heterocycles. The number of para-hydroxylation sites is 1. The van der Waals surface area contributed by atoms with Crippen LogP contribution in [0.2, 0.25) is 0 Å². The molecule has 23 heavy (non-hydrogen) atoms. The fourth-order valence-corrected chi connectivity index (χ4v) is 2.00. The van der Waals surface area contributed by atoms with Crippen molar-refractivity contribution >= 4 is 5.91 Å². The standard InChI is InChI=1S/C19H23NO3/c1-2-3-12-22-18-11-7-8-16(13-18)14-20-19(21)15-23-17-9-5-4-6-10-17/h4-11,13H,2-3,12,14-15H2,1H3,(H,20,21). The number of nitrogens with one attached hydrogen (secondary N) is 1. The topological polar surface area (TPSA) is 47.6 Å². The van der Waals surface area contributed by atoms with Crippen LogP contribution in [0.25, 0.3) is 0 Å². The zero-order valence-corrected chi connectivity index (χ0v) is 13.5. The van der Waals surface area contributed by atoms with Gasteiger partial charge in [0.1, 0.15) is 11.5 Å². The van der Waals surface area contributed by atoms with E-state index in [1.54, 1.807) is 0 Å². The van der Waals surface area contributed by atoms with Gasteiger partial charge in [-0.05, 0) is 36.2 Å². The van der Waals surface area contributed by atoms with E-state index in [0.717, 1.165) is 30.8 Å². The SMILES string of the molecule is CCCCOc1cccc(CNC(=O)COc2ccccc2)c1. The molecule has 0 saturated heterocycles. The summed E-state index contributed by atoms with van der Waals surface area (Å²) in [5.41, 5.74) is 1.01. The van der Waals surface area contributed by atoms with Crippen LogP contribution in [0.1, 0.15) is 25.3 Å². The van der Waals surface area contributed by atoms with E-state index in [4.69, 9.17) is 9.47 Å². The molecule has 4 heteroatoms. The van der Waals surface area contributed by atoms with Gasteiger partial charge in [-0.3, -0.25) is 4.79 Å². The number of hydrogen-bond donors (Lipinski definition) is 1. The van der Waals surface area contributed by atoms with Crippen molar-refractivity contribution < 1.29 is 14.3 Å². The van der Waals surface area contributed by atoms with Gasteiger partial charge in [-0.15, -0.1) is 0 Å². The zero-order chi connectivity index (χ0) is 16.3. The molecule has 0 atom stereocenters. The summed E-state index contributed by atoms with van der Waals surface area (Å²) < 4.78 is 11.1. The van der Waals surface area contributed by atoms with Gasteiger partial charge in [0.05, 0.1) is 6.61 Å². The number of ether oxygens (including phenoxy) is 2. The highest BCUT2D eigenvalue weighted by Gasteiger charge is 2.03. The maximum atomic E-state index is 11.8. The van der Waals surface area contributed by atoms with Gasteiger partial charge in [0, 0.05) is 6.54 Å². The Morgan fingerprint density at radius 3 is 2.57 bits per heavy atom. The minimum absolute atomic E-state index is 0.0106. The van der Waals surface area contributed by atoms with Gasteiger partial charge in [0.2, 0.25) is 0 Å². The minimum atomic E-state index is -0.147. The summed E-state index contributed by atoms with van der Waals surface area (Å²) in [6, 6.07) is 17.1. The van der Waals surface area contributed by atoms with Crippen LogP contribution in [0.3, 0.4) is 0 Å². The van der Waals surface area contributed by atoms with Crippen LogP contribution in [0.5, 0.6) is 11.5 Å². The number of carbonyl (C=O) groups excluding carboxylic acids is 1. The Balaban J connectivity index is 1.74. The Hall–Kier alpha value is -2.49. The molecule has 122 valence electrons. The normalized spacial score (nSPS) is 10.1. The molecule has 1 amide bonds. The lowest BCUT2D eigenvalue weighted by atomic mass is 10.2. The van der Waals surface area contributed by atoms with E-state index in [2.05, 4.69) is 12.2 Å². The van der Waals surface area contributed by atoms with Crippen LogP contribution >= 0.6 is 0 Å². The predicted octanol–water partition coefficient (Wildman–Crippen LogP) is 3.56. The third kappa shape index (κ3) is 6.43. The molecule has 2 rings (SSSR count). The summed E-state index contributed by atoms with van der Waals surface area (Å²) >= 11 is 0. The van der Waals surface area contributed by atoms with Crippen molar-refractivity contribution in [3.63, 3.8) is 0 Å². The van der Waals surface area contributed by atoms with E-state index in [1.807, 2.05) is 54.6 Å². The van der Waals surface area contributed by atoms with Gasteiger partial charge in [-0.25, -0.2) is 0 Å². The number of rotatable bonds is 9. The molecule has 0 saturated carbocycles. The van der Waals surface area contributed by atoms with Gasteiger partial charge in [-0.1, -0.05) is 43.7 Å². The Morgan fingerprint density at radius 2 is 1.78 bits per heavy atom. The first-order valence-electron chi connectivity index (χ1n) is 7.94. The Bertz CT molecular complexity index is 599. The molecule has 1 N–H and O–H groups in total. The van der Waals surface area contributed by atoms with Gasteiger partial charge in [-0.2, -0.15) is 0 Å². The summed E-state index contributed by atoms with van der Waals surface area (Å²) in [7, 11) is 0. The first kappa shape index (κ1) is 16.9. The number of carbonyl (C=O) groups is 1. The van der Waals surface area contributed by atoms with Crippen molar-refractivity contribution in [1.82, 2.24) is 5.32 Å². The average molecular weight is 313 g/mol. The predicted molar refractivity (Wildman–Crippen MR) is 90.6 cm³/mol. The molecule has 0 aliphatic heterocycles. The van der Waals surface area contributed by atoms with E-state index in [0.29, 0.717) is 12.3 Å². The van der Waals surface area contributed by atoms with E-state index >= 15 is 0 Å². The summed E-state index contributed by atoms with van der Waals surface area (Å²) in [6.45, 7) is 3.32. The Morgan fingerprint density at radius 1 is 1.00 bits per heavy atom. The maximum absolute atomic E-state index is 11.8. The molecule has 0 fully saturated rings. The number of benzene rings is 2. The fraction of sp³-hybridized carbons (Fsp3) is 0.316. The lowest BCUT2D eigenvalue weighted by Crippen LogP contribution is -2.28. The van der Waals surface area contributed by atoms with E-state index in [9.17, 15) is 4.79 Å². The number of hydrogen-bond acceptors (Lipinski definition) is 3. The van der Waals surface area contributed by atoms with Gasteiger partial charge in [0.25, 0.3) is 5.91 Å². The van der Waals surface area contributed by atoms with Crippen LogP contribution in [0, 0.1) is 0 Å². The molecule has 0 bridgehead atoms. The monoisotopic (exact) mass is 313 g/mol. The molecule has 0 spiro atoms. The Kier molecular flexibility index (Phi) is 6.98. The molecule has 0 aliphatic carbocycles. The number of amides is 1. The third-order valence-electron chi connectivity index (χ3n) is 3.27. The van der Waals surface area contributed by atoms with Crippen LogP contribution in [0.4, 0.5) is 0 Å². The average Bonchev–Trinajstić information content (AvgIpc) is 2.60. The summed E-state index contributed by atoms with van der Waals surface area (Å²) in [5, 5.41) is 2.84. The van der Waals surface area contributed by atoms with E-state index < -0.39 is 0 Å². The van der Waals surface area contributed by atoms with Crippen molar-refractivity contribution in [2.45, 2.75) is 26.3 Å². The summed E-state index contributed by atoms with van der Waals surface area (Å²) in [4.78, 5) is 11.8. The highest BCUT2D eigenvalue weighted by molar-refractivity contribution is 5.77. The molecular weight excluding hydrogens is 290 g/mol. The van der Waals surface area contributed by atoms with Crippen LogP contribution in [-0.4, -0.2) is 19.1 Å². The molecule has 2 aromatic carbocycles. The second-order valence-electron chi connectivity index (χ2n) is 5.23. The van der Waals surface area contributed by atoms with E-state index in [1.165, 1.54) is 0 Å². The second-order valence-corrected chi connectivity index (χ2v) is 5.23. The Labute approximate surface area is 137 Å². The highest BCUT2D eigenvalue weighted by Crippen LogP contribution is 2.14. The van der Waals surface area contributed by atoms with Crippen LogP contribution in [0.15, 0.2) is 54.6 Å². The fourth-order valence-electron chi connectivity index (χ4n) is 2.00. The minimum Gasteiger partial charge on any atom is -0.494 e. The third-order valence-corrected chi connectivity index (χ3v) is 3.27. The quantitative estimate of drug-likeness (QED) is 0.720. The zero-order valence-electron chi connectivity index (χ0n) is 13.5. The van der Waals surface area contributed by atoms with Crippen LogP contribution in [-0.2, 0) is 11.3 Å². The highest BCUT2D eigenvalue weighted by atomic mass is 16.5. The first-order valence-corrected chi connectivity index (χ1v) is 7.94. The van der Waals surface area contributed by atoms with Crippen molar-refractivity contribution in [2.75, 3.05) is 13.2 Å². The first-order chi connectivity index (χ1) is 11.3.